The Labute approximate surface area is 83.2 Å². The second-order valence-electron chi connectivity index (χ2n) is 2.92. The summed E-state index contributed by atoms with van der Waals surface area (Å²) in [7, 11) is 0. The maximum Gasteiger partial charge on any atom is 0.323 e. The van der Waals surface area contributed by atoms with Crippen LogP contribution in [0.2, 0.25) is 0 Å². The predicted molar refractivity (Wildman–Crippen MR) is 52.7 cm³/mol. The van der Waals surface area contributed by atoms with Crippen molar-refractivity contribution in [1.29, 1.82) is 0 Å². The van der Waals surface area contributed by atoms with E-state index in [1.54, 1.807) is 6.92 Å². The molecule has 0 fully saturated rings. The summed E-state index contributed by atoms with van der Waals surface area (Å²) >= 11 is 0. The van der Waals surface area contributed by atoms with Crippen LogP contribution in [0.3, 0.4) is 0 Å². The van der Waals surface area contributed by atoms with Crippen LogP contribution < -0.4 is 5.73 Å². The molecule has 0 saturated heterocycles. The molecule has 0 rings (SSSR count). The Kier molecular flexibility index (Phi) is 5.55. The van der Waals surface area contributed by atoms with Gasteiger partial charge in [0.2, 0.25) is 5.91 Å². The van der Waals surface area contributed by atoms with E-state index < -0.39 is 12.0 Å². The summed E-state index contributed by atoms with van der Waals surface area (Å²) in [6.45, 7) is 5.09. The lowest BCUT2D eigenvalue weighted by molar-refractivity contribution is -0.144. The van der Waals surface area contributed by atoms with Crippen molar-refractivity contribution < 1.29 is 14.7 Å². The Hall–Kier alpha value is -1.36. The molecule has 0 aliphatic heterocycles. The fourth-order valence-electron chi connectivity index (χ4n) is 0.961. The smallest absolute Gasteiger partial charge is 0.323 e. The van der Waals surface area contributed by atoms with E-state index in [1.165, 1.54) is 11.0 Å². The molecule has 0 aromatic rings. The highest BCUT2D eigenvalue weighted by atomic mass is 16.4. The van der Waals surface area contributed by atoms with Crippen molar-refractivity contribution in [3.8, 4) is 0 Å². The lowest BCUT2D eigenvalue weighted by Crippen LogP contribution is -2.45. The summed E-state index contributed by atoms with van der Waals surface area (Å²) in [5.41, 5.74) is 5.50. The van der Waals surface area contributed by atoms with Gasteiger partial charge in [-0.1, -0.05) is 13.0 Å². The molecule has 5 heteroatoms. The Morgan fingerprint density at radius 2 is 2.21 bits per heavy atom. The Morgan fingerprint density at radius 3 is 2.57 bits per heavy atom. The number of hydrogen-bond acceptors (Lipinski definition) is 3. The van der Waals surface area contributed by atoms with Gasteiger partial charge in [-0.25, -0.2) is 0 Å². The number of carbonyl (C=O) groups is 2. The Balaban J connectivity index is 4.39. The zero-order valence-corrected chi connectivity index (χ0v) is 8.27. The molecule has 0 aromatic carbocycles. The van der Waals surface area contributed by atoms with Gasteiger partial charge in [0.15, 0.2) is 0 Å². The monoisotopic (exact) mass is 200 g/mol. The van der Waals surface area contributed by atoms with Crippen LogP contribution in [0.1, 0.15) is 13.3 Å². The van der Waals surface area contributed by atoms with Gasteiger partial charge in [-0.05, 0) is 6.42 Å². The fraction of sp³-hybridized carbons (Fsp3) is 0.556. The normalized spacial score (nSPS) is 11.9. The molecule has 1 atom stereocenters. The molecule has 0 saturated carbocycles. The topological polar surface area (TPSA) is 83.6 Å². The highest BCUT2D eigenvalue weighted by molar-refractivity contribution is 5.85. The van der Waals surface area contributed by atoms with Gasteiger partial charge in [0, 0.05) is 6.54 Å². The second kappa shape index (κ2) is 6.15. The molecule has 3 N–H and O–H groups in total. The van der Waals surface area contributed by atoms with Crippen molar-refractivity contribution in [1.82, 2.24) is 4.90 Å². The number of carboxylic acid groups (broad SMARTS) is 1. The third kappa shape index (κ3) is 4.04. The molecule has 1 amide bonds. The van der Waals surface area contributed by atoms with Crippen LogP contribution in [0.5, 0.6) is 0 Å². The maximum absolute atomic E-state index is 11.5. The van der Waals surface area contributed by atoms with E-state index in [0.29, 0.717) is 6.42 Å². The molecule has 0 radical (unpaired) electrons. The number of nitrogens with two attached hydrogens (primary N) is 1. The summed E-state index contributed by atoms with van der Waals surface area (Å²) in [5, 5.41) is 8.54. The average Bonchev–Trinajstić information content (AvgIpc) is 2.14. The van der Waals surface area contributed by atoms with Crippen molar-refractivity contribution in [2.45, 2.75) is 19.4 Å². The Morgan fingerprint density at radius 1 is 1.64 bits per heavy atom. The van der Waals surface area contributed by atoms with Crippen LogP contribution >= 0.6 is 0 Å². The van der Waals surface area contributed by atoms with Gasteiger partial charge in [0.1, 0.15) is 6.54 Å². The molecule has 0 aliphatic carbocycles. The number of rotatable bonds is 6. The van der Waals surface area contributed by atoms with Gasteiger partial charge in [0.05, 0.1) is 6.04 Å². The summed E-state index contributed by atoms with van der Waals surface area (Å²) < 4.78 is 0. The van der Waals surface area contributed by atoms with Crippen LogP contribution in [0.25, 0.3) is 0 Å². The minimum atomic E-state index is -1.05. The highest BCUT2D eigenvalue weighted by Crippen LogP contribution is 1.97. The summed E-state index contributed by atoms with van der Waals surface area (Å²) in [4.78, 5) is 23.1. The minimum absolute atomic E-state index is 0.207. The van der Waals surface area contributed by atoms with Crippen LogP contribution in [-0.4, -0.2) is 41.0 Å². The lowest BCUT2D eigenvalue weighted by atomic mass is 10.2. The number of carbonyl (C=O) groups excluding carboxylic acids is 1. The number of aliphatic carboxylic acids is 1. The van der Waals surface area contributed by atoms with Crippen molar-refractivity contribution >= 4 is 11.9 Å². The van der Waals surface area contributed by atoms with Gasteiger partial charge in [-0.15, -0.1) is 6.58 Å². The first-order valence-electron chi connectivity index (χ1n) is 4.40. The van der Waals surface area contributed by atoms with E-state index in [9.17, 15) is 9.59 Å². The maximum atomic E-state index is 11.5. The van der Waals surface area contributed by atoms with E-state index in [-0.39, 0.29) is 19.0 Å². The standard InChI is InChI=1S/C9H16N2O3/c1-3-5-11(6-8(12)13)9(14)7(10)4-2/h3,7H,1,4-6,10H2,2H3,(H,12,13)/t7-/m0/s1. The Bertz CT molecular complexity index is 228. The quantitative estimate of drug-likeness (QED) is 0.583. The molecule has 5 nitrogen and oxygen atoms in total. The van der Waals surface area contributed by atoms with E-state index in [2.05, 4.69) is 6.58 Å². The fourth-order valence-corrected chi connectivity index (χ4v) is 0.961. The van der Waals surface area contributed by atoms with E-state index in [0.717, 1.165) is 0 Å². The molecular weight excluding hydrogens is 184 g/mol. The molecule has 0 spiro atoms. The summed E-state index contributed by atoms with van der Waals surface area (Å²) in [6.07, 6.45) is 1.97. The third-order valence-corrected chi connectivity index (χ3v) is 1.74. The minimum Gasteiger partial charge on any atom is -0.480 e. The van der Waals surface area contributed by atoms with Gasteiger partial charge in [-0.2, -0.15) is 0 Å². The first-order chi connectivity index (χ1) is 6.52. The largest absolute Gasteiger partial charge is 0.480 e. The average molecular weight is 200 g/mol. The van der Waals surface area contributed by atoms with Gasteiger partial charge in [-0.3, -0.25) is 9.59 Å². The van der Waals surface area contributed by atoms with E-state index in [1.807, 2.05) is 0 Å². The lowest BCUT2D eigenvalue weighted by Gasteiger charge is -2.21. The number of carboxylic acids is 1. The molecule has 80 valence electrons. The molecule has 14 heavy (non-hydrogen) atoms. The zero-order chi connectivity index (χ0) is 11.1. The molecule has 0 unspecified atom stereocenters. The highest BCUT2D eigenvalue weighted by Gasteiger charge is 2.20. The van der Waals surface area contributed by atoms with Crippen LogP contribution in [0.4, 0.5) is 0 Å². The van der Waals surface area contributed by atoms with Crippen LogP contribution in [-0.2, 0) is 9.59 Å². The molecule has 0 aliphatic rings. The van der Waals surface area contributed by atoms with Gasteiger partial charge in [0.25, 0.3) is 0 Å². The van der Waals surface area contributed by atoms with Crippen molar-refractivity contribution in [3.05, 3.63) is 12.7 Å². The molecular formula is C9H16N2O3. The number of nitrogens with zero attached hydrogens (tertiary/aromatic N) is 1. The van der Waals surface area contributed by atoms with E-state index >= 15 is 0 Å². The van der Waals surface area contributed by atoms with Crippen molar-refractivity contribution in [2.24, 2.45) is 5.73 Å². The molecule has 0 bridgehead atoms. The van der Waals surface area contributed by atoms with Crippen molar-refractivity contribution in [3.63, 3.8) is 0 Å². The summed E-state index contributed by atoms with van der Waals surface area (Å²) in [6, 6.07) is -0.630. The summed E-state index contributed by atoms with van der Waals surface area (Å²) in [5.74, 6) is -1.40. The second-order valence-corrected chi connectivity index (χ2v) is 2.92. The van der Waals surface area contributed by atoms with Crippen LogP contribution in [0, 0.1) is 0 Å². The van der Waals surface area contributed by atoms with Gasteiger partial charge < -0.3 is 15.7 Å². The van der Waals surface area contributed by atoms with Crippen LogP contribution in [0.15, 0.2) is 12.7 Å². The first-order valence-corrected chi connectivity index (χ1v) is 4.40. The van der Waals surface area contributed by atoms with Gasteiger partial charge >= 0.3 is 5.97 Å². The SMILES string of the molecule is C=CCN(CC(=O)O)C(=O)[C@@H](N)CC. The third-order valence-electron chi connectivity index (χ3n) is 1.74. The molecule has 0 aromatic heterocycles. The zero-order valence-electron chi connectivity index (χ0n) is 8.27. The predicted octanol–water partition coefficient (Wildman–Crippen LogP) is -0.177. The number of amides is 1. The number of hydrogen-bond donors (Lipinski definition) is 2. The van der Waals surface area contributed by atoms with E-state index in [4.69, 9.17) is 10.8 Å². The first kappa shape index (κ1) is 12.6. The van der Waals surface area contributed by atoms with Crippen molar-refractivity contribution in [2.75, 3.05) is 13.1 Å². The molecule has 0 heterocycles.